The second kappa shape index (κ2) is 5.13. The minimum atomic E-state index is -5.84. The molecular weight excluding hydrogens is 283 g/mol. The quantitative estimate of drug-likeness (QED) is 0.754. The van der Waals surface area contributed by atoms with Crippen LogP contribution in [0.4, 0.5) is 22.0 Å². The van der Waals surface area contributed by atoms with E-state index in [1.54, 1.807) is 0 Å². The summed E-state index contributed by atoms with van der Waals surface area (Å²) in [6, 6.07) is 0. The lowest BCUT2D eigenvalue weighted by Gasteiger charge is -2.50. The summed E-state index contributed by atoms with van der Waals surface area (Å²) in [5.74, 6) is -7.41. The molecule has 2 rings (SSSR count). The highest BCUT2D eigenvalue weighted by atomic mass is 19.4. The van der Waals surface area contributed by atoms with Crippen LogP contribution in [0.2, 0.25) is 0 Å². The SMILES string of the molecule is O=C(N1CCNCC12CCCCC2)C(F)(F)C(F)(F)F. The highest BCUT2D eigenvalue weighted by Crippen LogP contribution is 2.41. The largest absolute Gasteiger partial charge is 0.463 e. The molecule has 0 atom stereocenters. The molecule has 1 N–H and O–H groups in total. The molecule has 116 valence electrons. The summed E-state index contributed by atoms with van der Waals surface area (Å²) in [5, 5.41) is 3.00. The topological polar surface area (TPSA) is 32.3 Å². The second-order valence-electron chi connectivity index (χ2n) is 5.49. The molecule has 3 nitrogen and oxygen atoms in total. The Bertz CT molecular complexity index is 368. The van der Waals surface area contributed by atoms with Gasteiger partial charge in [-0.1, -0.05) is 19.3 Å². The molecule has 2 aliphatic rings. The molecule has 0 unspecified atom stereocenters. The van der Waals surface area contributed by atoms with Gasteiger partial charge in [0.15, 0.2) is 0 Å². The summed E-state index contributed by atoms with van der Waals surface area (Å²) >= 11 is 0. The predicted molar refractivity (Wildman–Crippen MR) is 61.4 cm³/mol. The van der Waals surface area contributed by atoms with Crippen LogP contribution in [0.25, 0.3) is 0 Å². The molecule has 0 radical (unpaired) electrons. The number of piperazine rings is 1. The number of alkyl halides is 5. The van der Waals surface area contributed by atoms with Crippen molar-refractivity contribution in [3.63, 3.8) is 0 Å². The molecule has 0 bridgehead atoms. The van der Waals surface area contributed by atoms with Crippen molar-refractivity contribution >= 4 is 5.91 Å². The van der Waals surface area contributed by atoms with Gasteiger partial charge in [-0.25, -0.2) is 0 Å². The third-order valence-electron chi connectivity index (χ3n) is 4.19. The van der Waals surface area contributed by atoms with E-state index in [1.165, 1.54) is 0 Å². The van der Waals surface area contributed by atoms with Crippen LogP contribution >= 0.6 is 0 Å². The lowest BCUT2D eigenvalue weighted by atomic mass is 9.78. The first kappa shape index (κ1) is 15.5. The van der Waals surface area contributed by atoms with Crippen LogP contribution in [0.3, 0.4) is 0 Å². The second-order valence-corrected chi connectivity index (χ2v) is 5.49. The third kappa shape index (κ3) is 2.49. The molecule has 1 heterocycles. The highest BCUT2D eigenvalue weighted by molar-refractivity contribution is 5.85. The smallest absolute Gasteiger partial charge is 0.329 e. The van der Waals surface area contributed by atoms with Gasteiger partial charge >= 0.3 is 18.0 Å². The first-order chi connectivity index (χ1) is 9.21. The Hall–Kier alpha value is -0.920. The average molecular weight is 300 g/mol. The minimum absolute atomic E-state index is 0.107. The van der Waals surface area contributed by atoms with Crippen molar-refractivity contribution in [2.75, 3.05) is 19.6 Å². The highest BCUT2D eigenvalue weighted by Gasteiger charge is 2.66. The van der Waals surface area contributed by atoms with Crippen molar-refractivity contribution < 1.29 is 26.7 Å². The number of nitrogens with zero attached hydrogens (tertiary/aromatic N) is 1. The van der Waals surface area contributed by atoms with Crippen molar-refractivity contribution in [3.8, 4) is 0 Å². The summed E-state index contributed by atoms with van der Waals surface area (Å²) in [4.78, 5) is 12.5. The molecule has 1 saturated carbocycles. The lowest BCUT2D eigenvalue weighted by Crippen LogP contribution is -2.67. The monoisotopic (exact) mass is 300 g/mol. The Balaban J connectivity index is 2.26. The summed E-state index contributed by atoms with van der Waals surface area (Å²) in [6.45, 7) is 0.415. The number of rotatable bonds is 1. The molecule has 0 aromatic carbocycles. The van der Waals surface area contributed by atoms with Gasteiger partial charge in [0.1, 0.15) is 0 Å². The fourth-order valence-electron chi connectivity index (χ4n) is 3.11. The Morgan fingerprint density at radius 1 is 1.05 bits per heavy atom. The normalized spacial score (nSPS) is 23.9. The minimum Gasteiger partial charge on any atom is -0.329 e. The summed E-state index contributed by atoms with van der Waals surface area (Å²) in [5.41, 5.74) is -0.887. The van der Waals surface area contributed by atoms with Crippen molar-refractivity contribution in [3.05, 3.63) is 0 Å². The molecule has 1 saturated heterocycles. The van der Waals surface area contributed by atoms with E-state index in [1.807, 2.05) is 0 Å². The van der Waals surface area contributed by atoms with Gasteiger partial charge in [-0.15, -0.1) is 0 Å². The van der Waals surface area contributed by atoms with E-state index in [-0.39, 0.29) is 19.6 Å². The van der Waals surface area contributed by atoms with E-state index in [2.05, 4.69) is 5.32 Å². The molecule has 0 aromatic heterocycles. The maximum absolute atomic E-state index is 13.3. The number of amides is 1. The standard InChI is InChI=1S/C12H17F5N2O/c13-11(14,12(15,16)17)9(20)19-7-6-18-8-10(19)4-2-1-3-5-10/h18H,1-8H2. The van der Waals surface area contributed by atoms with Crippen molar-refractivity contribution in [1.82, 2.24) is 10.2 Å². The van der Waals surface area contributed by atoms with E-state index in [0.717, 1.165) is 24.2 Å². The van der Waals surface area contributed by atoms with Crippen LogP contribution in [0, 0.1) is 0 Å². The number of hydrogen-bond donors (Lipinski definition) is 1. The van der Waals surface area contributed by atoms with E-state index in [4.69, 9.17) is 0 Å². The van der Waals surface area contributed by atoms with Gasteiger partial charge in [0, 0.05) is 19.6 Å². The van der Waals surface area contributed by atoms with E-state index >= 15 is 0 Å². The molecule has 1 aliphatic carbocycles. The number of carbonyl (C=O) groups is 1. The van der Waals surface area contributed by atoms with Gasteiger partial charge in [0.05, 0.1) is 5.54 Å². The van der Waals surface area contributed by atoms with E-state index in [9.17, 15) is 26.7 Å². The first-order valence-electron chi connectivity index (χ1n) is 6.68. The van der Waals surface area contributed by atoms with Gasteiger partial charge in [0.2, 0.25) is 0 Å². The molecule has 20 heavy (non-hydrogen) atoms. The first-order valence-corrected chi connectivity index (χ1v) is 6.68. The Morgan fingerprint density at radius 2 is 1.65 bits per heavy atom. The summed E-state index contributed by atoms with van der Waals surface area (Å²) < 4.78 is 63.8. The van der Waals surface area contributed by atoms with E-state index in [0.29, 0.717) is 12.8 Å². The fraction of sp³-hybridized carbons (Fsp3) is 0.917. The molecule has 0 aromatic rings. The van der Waals surface area contributed by atoms with Crippen LogP contribution in [-0.2, 0) is 4.79 Å². The molecule has 1 aliphatic heterocycles. The van der Waals surface area contributed by atoms with Crippen LogP contribution in [0.15, 0.2) is 0 Å². The van der Waals surface area contributed by atoms with Crippen molar-refractivity contribution in [2.24, 2.45) is 0 Å². The van der Waals surface area contributed by atoms with Gasteiger partial charge in [-0.05, 0) is 12.8 Å². The van der Waals surface area contributed by atoms with Gasteiger partial charge in [-0.3, -0.25) is 4.79 Å². The predicted octanol–water partition coefficient (Wildman–Crippen LogP) is 2.32. The molecular formula is C12H17F5N2O. The Kier molecular flexibility index (Phi) is 3.96. The maximum atomic E-state index is 13.3. The van der Waals surface area contributed by atoms with Gasteiger partial charge < -0.3 is 10.2 Å². The fourth-order valence-corrected chi connectivity index (χ4v) is 3.11. The van der Waals surface area contributed by atoms with E-state index < -0.39 is 23.5 Å². The third-order valence-corrected chi connectivity index (χ3v) is 4.19. The zero-order valence-electron chi connectivity index (χ0n) is 10.9. The molecule has 1 spiro atoms. The molecule has 1 amide bonds. The van der Waals surface area contributed by atoms with Crippen LogP contribution < -0.4 is 5.32 Å². The zero-order valence-corrected chi connectivity index (χ0v) is 10.9. The molecule has 8 heteroatoms. The van der Waals surface area contributed by atoms with Crippen molar-refractivity contribution in [2.45, 2.75) is 49.7 Å². The van der Waals surface area contributed by atoms with Crippen molar-refractivity contribution in [1.29, 1.82) is 0 Å². The maximum Gasteiger partial charge on any atom is 0.463 e. The zero-order chi connectivity index (χ0) is 15.0. The number of hydrogen-bond acceptors (Lipinski definition) is 2. The lowest BCUT2D eigenvalue weighted by molar-refractivity contribution is -0.277. The van der Waals surface area contributed by atoms with Gasteiger partial charge in [0.25, 0.3) is 0 Å². The van der Waals surface area contributed by atoms with Gasteiger partial charge in [-0.2, -0.15) is 22.0 Å². The van der Waals surface area contributed by atoms with Crippen LogP contribution in [0.5, 0.6) is 0 Å². The molecule has 2 fully saturated rings. The number of nitrogens with one attached hydrogen (secondary N) is 1. The van der Waals surface area contributed by atoms with Crippen LogP contribution in [-0.4, -0.2) is 48.1 Å². The average Bonchev–Trinajstić information content (AvgIpc) is 2.38. The number of carbonyl (C=O) groups excluding carboxylic acids is 1. The summed E-state index contributed by atoms with van der Waals surface area (Å²) in [7, 11) is 0. The Labute approximate surface area is 113 Å². The van der Waals surface area contributed by atoms with Crippen LogP contribution in [0.1, 0.15) is 32.1 Å². The summed E-state index contributed by atoms with van der Waals surface area (Å²) in [6.07, 6.45) is -2.50. The Morgan fingerprint density at radius 3 is 2.20 bits per heavy atom. The number of halogens is 5.